The van der Waals surface area contributed by atoms with Gasteiger partial charge in [-0.25, -0.2) is 4.98 Å². The molecule has 0 radical (unpaired) electrons. The molecule has 0 spiro atoms. The number of nitrogens with one attached hydrogen (secondary N) is 1. The first-order valence-corrected chi connectivity index (χ1v) is 7.33. The van der Waals surface area contributed by atoms with E-state index in [0.29, 0.717) is 6.61 Å². The number of thiazole rings is 1. The van der Waals surface area contributed by atoms with Crippen LogP contribution in [0.25, 0.3) is 10.2 Å². The number of nitrogens with zero attached hydrogens (tertiary/aromatic N) is 1. The van der Waals surface area contributed by atoms with E-state index in [1.165, 1.54) is 10.3 Å². The number of rotatable bonds is 4. The molecule has 0 saturated heterocycles. The lowest BCUT2D eigenvalue weighted by Crippen LogP contribution is -1.96. The molecule has 0 bridgehead atoms. The van der Waals surface area contributed by atoms with Crippen LogP contribution in [0.2, 0.25) is 0 Å². The van der Waals surface area contributed by atoms with Crippen LogP contribution in [-0.4, -0.2) is 12.0 Å². The zero-order valence-corrected chi connectivity index (χ0v) is 12.3. The van der Waals surface area contributed by atoms with Gasteiger partial charge in [0.1, 0.15) is 17.4 Å². The Kier molecular flexibility index (Phi) is 3.56. The molecule has 3 aromatic rings. The van der Waals surface area contributed by atoms with Gasteiger partial charge in [-0.2, -0.15) is 0 Å². The molecule has 0 saturated carbocycles. The Hall–Kier alpha value is -2.07. The standard InChI is InChI=1S/C16H16N2OS/c1-11-9-12(7-8-13(11)17-2)19-10-16-18-14-5-3-4-6-15(14)20-16/h3-9,17H,10H2,1-2H3. The Balaban J connectivity index is 1.74. The Morgan fingerprint density at radius 1 is 1.20 bits per heavy atom. The SMILES string of the molecule is CNc1ccc(OCc2nc3ccccc3s2)cc1C. The predicted molar refractivity (Wildman–Crippen MR) is 84.7 cm³/mol. The summed E-state index contributed by atoms with van der Waals surface area (Å²) in [7, 11) is 1.92. The lowest BCUT2D eigenvalue weighted by Gasteiger charge is -2.08. The molecule has 20 heavy (non-hydrogen) atoms. The summed E-state index contributed by atoms with van der Waals surface area (Å²) in [5.74, 6) is 0.876. The van der Waals surface area contributed by atoms with E-state index in [2.05, 4.69) is 23.3 Å². The van der Waals surface area contributed by atoms with Crippen molar-refractivity contribution in [3.8, 4) is 5.75 Å². The molecule has 1 heterocycles. The van der Waals surface area contributed by atoms with Crippen LogP contribution in [0.3, 0.4) is 0 Å². The smallest absolute Gasteiger partial charge is 0.140 e. The number of aryl methyl sites for hydroxylation is 1. The highest BCUT2D eigenvalue weighted by atomic mass is 32.1. The fraction of sp³-hybridized carbons (Fsp3) is 0.188. The Labute approximate surface area is 122 Å². The van der Waals surface area contributed by atoms with Crippen molar-refractivity contribution >= 4 is 27.2 Å². The molecule has 3 rings (SSSR count). The van der Waals surface area contributed by atoms with E-state index < -0.39 is 0 Å². The quantitative estimate of drug-likeness (QED) is 0.778. The summed E-state index contributed by atoms with van der Waals surface area (Å²) in [5.41, 5.74) is 3.34. The molecule has 0 amide bonds. The van der Waals surface area contributed by atoms with Gasteiger partial charge in [0.2, 0.25) is 0 Å². The van der Waals surface area contributed by atoms with Gasteiger partial charge in [-0.3, -0.25) is 0 Å². The molecule has 1 aromatic heterocycles. The van der Waals surface area contributed by atoms with Crippen LogP contribution < -0.4 is 10.1 Å². The van der Waals surface area contributed by atoms with Crippen molar-refractivity contribution in [2.24, 2.45) is 0 Å². The van der Waals surface area contributed by atoms with E-state index in [-0.39, 0.29) is 0 Å². The van der Waals surface area contributed by atoms with Gasteiger partial charge in [0.25, 0.3) is 0 Å². The van der Waals surface area contributed by atoms with Crippen molar-refractivity contribution in [1.29, 1.82) is 0 Å². The van der Waals surface area contributed by atoms with Gasteiger partial charge in [0, 0.05) is 12.7 Å². The van der Waals surface area contributed by atoms with E-state index in [4.69, 9.17) is 4.74 Å². The maximum atomic E-state index is 5.82. The molecule has 102 valence electrons. The molecular formula is C16H16N2OS. The maximum absolute atomic E-state index is 5.82. The van der Waals surface area contributed by atoms with E-state index >= 15 is 0 Å². The monoisotopic (exact) mass is 284 g/mol. The summed E-state index contributed by atoms with van der Waals surface area (Å²) in [6.45, 7) is 2.58. The van der Waals surface area contributed by atoms with Crippen LogP contribution in [0.4, 0.5) is 5.69 Å². The molecule has 0 aliphatic heterocycles. The van der Waals surface area contributed by atoms with E-state index in [1.54, 1.807) is 11.3 Å². The van der Waals surface area contributed by atoms with Crippen LogP contribution in [0.15, 0.2) is 42.5 Å². The molecule has 3 nitrogen and oxygen atoms in total. The minimum atomic E-state index is 0.512. The molecular weight excluding hydrogens is 268 g/mol. The van der Waals surface area contributed by atoms with Gasteiger partial charge in [-0.15, -0.1) is 11.3 Å². The van der Waals surface area contributed by atoms with Gasteiger partial charge in [0.15, 0.2) is 0 Å². The fourth-order valence-corrected chi connectivity index (χ4v) is 3.01. The number of benzene rings is 2. The summed E-state index contributed by atoms with van der Waals surface area (Å²) in [6, 6.07) is 14.2. The average molecular weight is 284 g/mol. The van der Waals surface area contributed by atoms with Crippen molar-refractivity contribution in [1.82, 2.24) is 4.98 Å². The third kappa shape index (κ3) is 2.60. The average Bonchev–Trinajstić information content (AvgIpc) is 2.88. The number of aromatic nitrogens is 1. The highest BCUT2D eigenvalue weighted by Gasteiger charge is 2.05. The molecule has 2 aromatic carbocycles. The summed E-state index contributed by atoms with van der Waals surface area (Å²) < 4.78 is 7.02. The van der Waals surface area contributed by atoms with Crippen molar-refractivity contribution in [2.75, 3.05) is 12.4 Å². The minimum absolute atomic E-state index is 0.512. The summed E-state index contributed by atoms with van der Waals surface area (Å²) in [5, 5.41) is 4.15. The maximum Gasteiger partial charge on any atom is 0.140 e. The van der Waals surface area contributed by atoms with Crippen LogP contribution in [0.5, 0.6) is 5.75 Å². The number of para-hydroxylation sites is 1. The summed E-state index contributed by atoms with van der Waals surface area (Å²) in [4.78, 5) is 4.57. The van der Waals surface area contributed by atoms with Crippen molar-refractivity contribution in [2.45, 2.75) is 13.5 Å². The number of fused-ring (bicyclic) bond motifs is 1. The topological polar surface area (TPSA) is 34.1 Å². The van der Waals surface area contributed by atoms with Crippen LogP contribution in [-0.2, 0) is 6.61 Å². The number of hydrogen-bond donors (Lipinski definition) is 1. The second kappa shape index (κ2) is 5.51. The molecule has 0 aliphatic rings. The largest absolute Gasteiger partial charge is 0.486 e. The lowest BCUT2D eigenvalue weighted by atomic mass is 10.2. The highest BCUT2D eigenvalue weighted by molar-refractivity contribution is 7.18. The third-order valence-electron chi connectivity index (χ3n) is 3.17. The molecule has 0 atom stereocenters. The van der Waals surface area contributed by atoms with Gasteiger partial charge < -0.3 is 10.1 Å². The first-order chi connectivity index (χ1) is 9.76. The van der Waals surface area contributed by atoms with Gasteiger partial charge >= 0.3 is 0 Å². The lowest BCUT2D eigenvalue weighted by molar-refractivity contribution is 0.305. The summed E-state index contributed by atoms with van der Waals surface area (Å²) in [6.07, 6.45) is 0. The Bertz CT molecular complexity index is 703. The zero-order valence-electron chi connectivity index (χ0n) is 11.5. The molecule has 0 unspecified atom stereocenters. The van der Waals surface area contributed by atoms with Crippen LogP contribution in [0, 0.1) is 6.92 Å². The number of hydrogen-bond acceptors (Lipinski definition) is 4. The second-order valence-electron chi connectivity index (χ2n) is 4.59. The first kappa shape index (κ1) is 12.9. The van der Waals surface area contributed by atoms with E-state index in [0.717, 1.165) is 22.0 Å². The van der Waals surface area contributed by atoms with Crippen molar-refractivity contribution in [3.05, 3.63) is 53.0 Å². The normalized spacial score (nSPS) is 10.7. The molecule has 0 aliphatic carbocycles. The minimum Gasteiger partial charge on any atom is -0.486 e. The second-order valence-corrected chi connectivity index (χ2v) is 5.71. The van der Waals surface area contributed by atoms with Crippen molar-refractivity contribution < 1.29 is 4.74 Å². The van der Waals surface area contributed by atoms with E-state index in [1.807, 2.05) is 43.4 Å². The predicted octanol–water partition coefficient (Wildman–Crippen LogP) is 4.23. The van der Waals surface area contributed by atoms with Gasteiger partial charge in [-0.1, -0.05) is 12.1 Å². The first-order valence-electron chi connectivity index (χ1n) is 6.52. The summed E-state index contributed by atoms with van der Waals surface area (Å²) >= 11 is 1.68. The van der Waals surface area contributed by atoms with Crippen LogP contribution in [0.1, 0.15) is 10.6 Å². The number of anilines is 1. The zero-order chi connectivity index (χ0) is 13.9. The third-order valence-corrected chi connectivity index (χ3v) is 4.18. The molecule has 0 fully saturated rings. The van der Waals surface area contributed by atoms with E-state index in [9.17, 15) is 0 Å². The fourth-order valence-electron chi connectivity index (χ4n) is 2.13. The Morgan fingerprint density at radius 3 is 2.80 bits per heavy atom. The number of ether oxygens (including phenoxy) is 1. The molecule has 1 N–H and O–H groups in total. The van der Waals surface area contributed by atoms with Crippen LogP contribution >= 0.6 is 11.3 Å². The Morgan fingerprint density at radius 2 is 2.05 bits per heavy atom. The van der Waals surface area contributed by atoms with Gasteiger partial charge in [-0.05, 0) is 42.8 Å². The molecule has 4 heteroatoms. The van der Waals surface area contributed by atoms with Gasteiger partial charge in [0.05, 0.1) is 10.2 Å². The highest BCUT2D eigenvalue weighted by Crippen LogP contribution is 2.24. The van der Waals surface area contributed by atoms with Crippen molar-refractivity contribution in [3.63, 3.8) is 0 Å².